The highest BCUT2D eigenvalue weighted by Gasteiger charge is 2.77. The normalized spacial score (nSPS) is 19.7. The lowest BCUT2D eigenvalue weighted by Crippen LogP contribution is -2.57. The van der Waals surface area contributed by atoms with E-state index in [1.54, 1.807) is 12.1 Å². The summed E-state index contributed by atoms with van der Waals surface area (Å²) in [5.74, 6) is -0.691. The van der Waals surface area contributed by atoms with Gasteiger partial charge in [0.1, 0.15) is 17.6 Å². The number of rotatable bonds is 2. The molecular formula is C19H17F6N3O. The number of halogens is 6. The van der Waals surface area contributed by atoms with Crippen LogP contribution in [0.2, 0.25) is 0 Å². The molecule has 1 aromatic carbocycles. The summed E-state index contributed by atoms with van der Waals surface area (Å²) in [6, 6.07) is 7.25. The van der Waals surface area contributed by atoms with E-state index in [4.69, 9.17) is 10.5 Å². The van der Waals surface area contributed by atoms with Crippen molar-refractivity contribution in [2.45, 2.75) is 38.0 Å². The van der Waals surface area contributed by atoms with Crippen LogP contribution in [0.15, 0.2) is 46.9 Å². The lowest BCUT2D eigenvalue weighted by Gasteiger charge is -2.48. The van der Waals surface area contributed by atoms with Crippen LogP contribution >= 0.6 is 0 Å². The third-order valence-electron chi connectivity index (χ3n) is 5.32. The van der Waals surface area contributed by atoms with E-state index in [-0.39, 0.29) is 30.0 Å². The Labute approximate surface area is 162 Å². The van der Waals surface area contributed by atoms with Gasteiger partial charge in [-0.2, -0.15) is 31.6 Å². The SMILES string of the molecule is COc1ccccc1N1C(N)=C(C#N)C(C(F)(F)F)(C(F)(F)F)C2=C1CCCC2. The molecule has 0 bridgehead atoms. The Morgan fingerprint density at radius 1 is 1.07 bits per heavy atom. The third kappa shape index (κ3) is 2.82. The molecule has 3 rings (SSSR count). The van der Waals surface area contributed by atoms with Gasteiger partial charge in [-0.15, -0.1) is 0 Å². The van der Waals surface area contributed by atoms with Gasteiger partial charge >= 0.3 is 12.4 Å². The summed E-state index contributed by atoms with van der Waals surface area (Å²) in [5, 5.41) is 9.44. The number of ether oxygens (including phenoxy) is 1. The van der Waals surface area contributed by atoms with E-state index in [1.807, 2.05) is 0 Å². The van der Waals surface area contributed by atoms with Crippen molar-refractivity contribution in [3.8, 4) is 11.8 Å². The molecule has 0 saturated carbocycles. The summed E-state index contributed by atoms with van der Waals surface area (Å²) in [7, 11) is 1.32. The number of methoxy groups -OCH3 is 1. The highest BCUT2D eigenvalue weighted by Crippen LogP contribution is 2.64. The van der Waals surface area contributed by atoms with E-state index in [0.29, 0.717) is 6.42 Å². The van der Waals surface area contributed by atoms with Gasteiger partial charge < -0.3 is 10.5 Å². The molecule has 0 amide bonds. The molecule has 0 unspecified atom stereocenters. The summed E-state index contributed by atoms with van der Waals surface area (Å²) < 4.78 is 89.9. The molecule has 0 aromatic heterocycles. The predicted octanol–water partition coefficient (Wildman–Crippen LogP) is 5.15. The molecule has 1 aromatic rings. The van der Waals surface area contributed by atoms with Crippen molar-refractivity contribution < 1.29 is 31.1 Å². The molecule has 1 heterocycles. The zero-order valence-corrected chi connectivity index (χ0v) is 15.3. The summed E-state index contributed by atoms with van der Waals surface area (Å²) in [4.78, 5) is 1.10. The van der Waals surface area contributed by atoms with Gasteiger partial charge in [-0.25, -0.2) is 0 Å². The number of nitriles is 1. The maximum Gasteiger partial charge on any atom is 0.411 e. The highest BCUT2D eigenvalue weighted by atomic mass is 19.4. The van der Waals surface area contributed by atoms with Crippen molar-refractivity contribution in [2.24, 2.45) is 11.1 Å². The fourth-order valence-corrected chi connectivity index (χ4v) is 4.16. The van der Waals surface area contributed by atoms with E-state index in [9.17, 15) is 31.6 Å². The summed E-state index contributed by atoms with van der Waals surface area (Å²) >= 11 is 0. The number of para-hydroxylation sites is 2. The van der Waals surface area contributed by atoms with Crippen LogP contribution in [0.1, 0.15) is 25.7 Å². The number of allylic oxidation sites excluding steroid dienone is 3. The van der Waals surface area contributed by atoms with Crippen LogP contribution in [0, 0.1) is 16.7 Å². The molecule has 2 aliphatic rings. The minimum atomic E-state index is -5.79. The van der Waals surface area contributed by atoms with Crippen molar-refractivity contribution in [3.05, 3.63) is 46.9 Å². The standard InChI is InChI=1S/C19H17F6N3O/c1-29-15-9-5-4-8-14(15)28-13-7-3-2-6-11(13)17(18(20,21)22,19(23,24)25)12(10-26)16(28)27/h4-5,8-9H,2-3,6-7,27H2,1H3. The first-order valence-electron chi connectivity index (χ1n) is 8.71. The largest absolute Gasteiger partial charge is 0.495 e. The average Bonchev–Trinajstić information content (AvgIpc) is 2.65. The van der Waals surface area contributed by atoms with Gasteiger partial charge in [0.05, 0.1) is 18.4 Å². The Hall–Kier alpha value is -2.83. The summed E-state index contributed by atoms with van der Waals surface area (Å²) in [6.07, 6.45) is -11.5. The molecule has 0 atom stereocenters. The Morgan fingerprint density at radius 2 is 1.66 bits per heavy atom. The van der Waals surface area contributed by atoms with Gasteiger partial charge in [-0.3, -0.25) is 4.90 Å². The molecule has 1 aliphatic heterocycles. The topological polar surface area (TPSA) is 62.3 Å². The second-order valence-electron chi connectivity index (χ2n) is 6.76. The second-order valence-corrected chi connectivity index (χ2v) is 6.76. The maximum atomic E-state index is 14.1. The first-order chi connectivity index (χ1) is 13.5. The fourth-order valence-electron chi connectivity index (χ4n) is 4.16. The fraction of sp³-hybridized carbons (Fsp3) is 0.421. The zero-order valence-electron chi connectivity index (χ0n) is 15.3. The molecule has 0 fully saturated rings. The quantitative estimate of drug-likeness (QED) is 0.677. The smallest absolute Gasteiger partial charge is 0.411 e. The van der Waals surface area contributed by atoms with E-state index in [1.165, 1.54) is 19.2 Å². The zero-order chi connectivity index (χ0) is 21.6. The molecule has 1 aliphatic carbocycles. The molecule has 0 saturated heterocycles. The molecular weight excluding hydrogens is 400 g/mol. The summed E-state index contributed by atoms with van der Waals surface area (Å²) in [5.41, 5.74) is -1.02. The first-order valence-corrected chi connectivity index (χ1v) is 8.71. The van der Waals surface area contributed by atoms with Crippen LogP contribution < -0.4 is 15.4 Å². The Morgan fingerprint density at radius 3 is 2.21 bits per heavy atom. The van der Waals surface area contributed by atoms with E-state index < -0.39 is 41.2 Å². The van der Waals surface area contributed by atoms with Crippen molar-refractivity contribution in [1.29, 1.82) is 5.26 Å². The molecule has 4 nitrogen and oxygen atoms in total. The van der Waals surface area contributed by atoms with Gasteiger partial charge in [-0.05, 0) is 43.4 Å². The minimum Gasteiger partial charge on any atom is -0.495 e. The Kier molecular flexibility index (Phi) is 4.97. The van der Waals surface area contributed by atoms with Gasteiger partial charge in [-0.1, -0.05) is 12.1 Å². The number of anilines is 1. The van der Waals surface area contributed by atoms with Gasteiger partial charge in [0.25, 0.3) is 0 Å². The van der Waals surface area contributed by atoms with Crippen molar-refractivity contribution >= 4 is 5.69 Å². The lowest BCUT2D eigenvalue weighted by atomic mass is 9.66. The summed E-state index contributed by atoms with van der Waals surface area (Å²) in [6.45, 7) is 0. The van der Waals surface area contributed by atoms with Crippen molar-refractivity contribution in [1.82, 2.24) is 0 Å². The molecule has 2 N–H and O–H groups in total. The van der Waals surface area contributed by atoms with Crippen LogP contribution in [0.5, 0.6) is 5.75 Å². The van der Waals surface area contributed by atoms with Crippen LogP contribution in [-0.2, 0) is 0 Å². The molecule has 10 heteroatoms. The van der Waals surface area contributed by atoms with Crippen molar-refractivity contribution in [3.63, 3.8) is 0 Å². The number of nitrogens with two attached hydrogens (primary N) is 1. The number of alkyl halides is 6. The van der Waals surface area contributed by atoms with Crippen LogP contribution in [0.25, 0.3) is 0 Å². The first kappa shape index (κ1) is 20.9. The van der Waals surface area contributed by atoms with Crippen LogP contribution in [0.4, 0.5) is 32.0 Å². The average molecular weight is 417 g/mol. The number of hydrogen-bond donors (Lipinski definition) is 1. The van der Waals surface area contributed by atoms with Crippen molar-refractivity contribution in [2.75, 3.05) is 12.0 Å². The minimum absolute atomic E-state index is 0.0410. The van der Waals surface area contributed by atoms with Gasteiger partial charge in [0.15, 0.2) is 0 Å². The van der Waals surface area contributed by atoms with Crippen LogP contribution in [0.3, 0.4) is 0 Å². The Bertz CT molecular complexity index is 909. The van der Waals surface area contributed by atoms with Gasteiger partial charge in [0.2, 0.25) is 5.41 Å². The molecule has 0 radical (unpaired) electrons. The van der Waals surface area contributed by atoms with E-state index >= 15 is 0 Å². The number of benzene rings is 1. The predicted molar refractivity (Wildman–Crippen MR) is 92.3 cm³/mol. The monoisotopic (exact) mass is 417 g/mol. The lowest BCUT2D eigenvalue weighted by molar-refractivity contribution is -0.311. The maximum absolute atomic E-state index is 14.1. The molecule has 156 valence electrons. The third-order valence-corrected chi connectivity index (χ3v) is 5.32. The second kappa shape index (κ2) is 6.90. The molecule has 0 spiro atoms. The number of nitrogens with zero attached hydrogens (tertiary/aromatic N) is 2. The van der Waals surface area contributed by atoms with Crippen LogP contribution in [-0.4, -0.2) is 19.5 Å². The molecule has 29 heavy (non-hydrogen) atoms. The highest BCUT2D eigenvalue weighted by molar-refractivity contribution is 5.71. The van der Waals surface area contributed by atoms with Gasteiger partial charge in [0, 0.05) is 5.70 Å². The number of hydrogen-bond acceptors (Lipinski definition) is 4. The van der Waals surface area contributed by atoms with E-state index in [2.05, 4.69) is 0 Å². The van der Waals surface area contributed by atoms with E-state index in [0.717, 1.165) is 11.0 Å². The Balaban J connectivity index is 2.44.